The van der Waals surface area contributed by atoms with E-state index in [1.54, 1.807) is 19.2 Å². The Labute approximate surface area is 106 Å². The van der Waals surface area contributed by atoms with E-state index in [0.29, 0.717) is 13.2 Å². The molecule has 1 aromatic carbocycles. The van der Waals surface area contributed by atoms with Crippen LogP contribution in [-0.4, -0.2) is 49.3 Å². The van der Waals surface area contributed by atoms with Gasteiger partial charge in [-0.15, -0.1) is 0 Å². The summed E-state index contributed by atoms with van der Waals surface area (Å²) in [6.07, 6.45) is 0.198. The first kappa shape index (κ1) is 14.6. The Morgan fingerprint density at radius 1 is 1.33 bits per heavy atom. The summed E-state index contributed by atoms with van der Waals surface area (Å²) in [4.78, 5) is 13.5. The summed E-state index contributed by atoms with van der Waals surface area (Å²) in [6, 6.07) is 5.82. The van der Waals surface area contributed by atoms with Crippen LogP contribution in [0.3, 0.4) is 0 Å². The third-order valence-corrected chi connectivity index (χ3v) is 2.56. The lowest BCUT2D eigenvalue weighted by Crippen LogP contribution is -2.37. The Kier molecular flexibility index (Phi) is 6.32. The molecule has 1 N–H and O–H groups in total. The molecule has 1 amide bonds. The van der Waals surface area contributed by atoms with Crippen molar-refractivity contribution in [3.63, 3.8) is 0 Å². The molecule has 0 aliphatic rings. The van der Waals surface area contributed by atoms with Gasteiger partial charge in [-0.2, -0.15) is 0 Å². The third-order valence-electron chi connectivity index (χ3n) is 2.56. The Morgan fingerprint density at radius 2 is 2.00 bits per heavy atom. The van der Waals surface area contributed by atoms with Gasteiger partial charge >= 0.3 is 0 Å². The third kappa shape index (κ3) is 4.81. The Bertz CT molecular complexity index is 367. The number of carbonyl (C=O) groups excluding carboxylic acids is 1. The SMILES string of the molecule is COCCN(CCO)C(=O)Cc1ccc(F)cc1. The molecule has 1 rings (SSSR count). The predicted octanol–water partition coefficient (Wildman–Crippen LogP) is 0.836. The van der Waals surface area contributed by atoms with E-state index < -0.39 is 0 Å². The molecular formula is C13H18FNO3. The van der Waals surface area contributed by atoms with Gasteiger partial charge in [0.1, 0.15) is 5.82 Å². The van der Waals surface area contributed by atoms with E-state index in [9.17, 15) is 9.18 Å². The highest BCUT2D eigenvalue weighted by Gasteiger charge is 2.13. The van der Waals surface area contributed by atoms with E-state index in [0.717, 1.165) is 5.56 Å². The van der Waals surface area contributed by atoms with Crippen LogP contribution in [0.2, 0.25) is 0 Å². The summed E-state index contributed by atoms with van der Waals surface area (Å²) in [6.45, 7) is 1.06. The van der Waals surface area contributed by atoms with Gasteiger partial charge in [0.25, 0.3) is 0 Å². The van der Waals surface area contributed by atoms with Crippen LogP contribution >= 0.6 is 0 Å². The molecule has 0 saturated heterocycles. The lowest BCUT2D eigenvalue weighted by molar-refractivity contribution is -0.131. The fraction of sp³-hybridized carbons (Fsp3) is 0.462. The highest BCUT2D eigenvalue weighted by atomic mass is 19.1. The number of halogens is 1. The van der Waals surface area contributed by atoms with E-state index in [4.69, 9.17) is 9.84 Å². The highest BCUT2D eigenvalue weighted by Crippen LogP contribution is 2.05. The monoisotopic (exact) mass is 255 g/mol. The van der Waals surface area contributed by atoms with Crippen molar-refractivity contribution in [2.75, 3.05) is 33.4 Å². The minimum absolute atomic E-state index is 0.0845. The number of carbonyl (C=O) groups is 1. The van der Waals surface area contributed by atoms with E-state index in [1.165, 1.54) is 17.0 Å². The maximum absolute atomic E-state index is 12.7. The first-order valence-corrected chi connectivity index (χ1v) is 5.79. The first-order chi connectivity index (χ1) is 8.67. The minimum atomic E-state index is -0.321. The number of hydrogen-bond acceptors (Lipinski definition) is 3. The Balaban J connectivity index is 2.57. The number of amides is 1. The van der Waals surface area contributed by atoms with Crippen LogP contribution in [-0.2, 0) is 16.0 Å². The van der Waals surface area contributed by atoms with Crippen molar-refractivity contribution < 1.29 is 19.0 Å². The zero-order valence-electron chi connectivity index (χ0n) is 10.4. The molecule has 0 radical (unpaired) electrons. The van der Waals surface area contributed by atoms with Crippen LogP contribution in [0.25, 0.3) is 0 Å². The van der Waals surface area contributed by atoms with Crippen LogP contribution in [0.5, 0.6) is 0 Å². The molecule has 0 fully saturated rings. The summed E-state index contributed by atoms with van der Waals surface area (Å²) in [5.41, 5.74) is 0.752. The number of aliphatic hydroxyl groups excluding tert-OH is 1. The second kappa shape index (κ2) is 7.79. The van der Waals surface area contributed by atoms with Gasteiger partial charge in [-0.25, -0.2) is 4.39 Å². The second-order valence-electron chi connectivity index (χ2n) is 3.90. The lowest BCUT2D eigenvalue weighted by Gasteiger charge is -2.21. The average Bonchev–Trinajstić information content (AvgIpc) is 2.37. The van der Waals surface area contributed by atoms with Gasteiger partial charge in [0.15, 0.2) is 0 Å². The zero-order chi connectivity index (χ0) is 13.4. The summed E-state index contributed by atoms with van der Waals surface area (Å²) >= 11 is 0. The van der Waals surface area contributed by atoms with Crippen LogP contribution in [0.4, 0.5) is 4.39 Å². The molecule has 0 bridgehead atoms. The Hall–Kier alpha value is -1.46. The summed E-state index contributed by atoms with van der Waals surface area (Å²) in [7, 11) is 1.56. The van der Waals surface area contributed by atoms with Crippen molar-refractivity contribution in [2.24, 2.45) is 0 Å². The van der Waals surface area contributed by atoms with Crippen molar-refractivity contribution in [1.82, 2.24) is 4.90 Å². The minimum Gasteiger partial charge on any atom is -0.395 e. The average molecular weight is 255 g/mol. The molecular weight excluding hydrogens is 237 g/mol. The summed E-state index contributed by atoms with van der Waals surface area (Å²) < 4.78 is 17.6. The molecule has 0 heterocycles. The van der Waals surface area contributed by atoms with Crippen LogP contribution in [0, 0.1) is 5.82 Å². The quantitative estimate of drug-likeness (QED) is 0.785. The van der Waals surface area contributed by atoms with Gasteiger partial charge in [0, 0.05) is 20.2 Å². The van der Waals surface area contributed by atoms with E-state index >= 15 is 0 Å². The smallest absolute Gasteiger partial charge is 0.227 e. The van der Waals surface area contributed by atoms with Crippen LogP contribution < -0.4 is 0 Å². The summed E-state index contributed by atoms with van der Waals surface area (Å²) in [5, 5.41) is 8.90. The molecule has 0 unspecified atom stereocenters. The number of ether oxygens (including phenoxy) is 1. The number of aliphatic hydroxyl groups is 1. The van der Waals surface area contributed by atoms with E-state index in [-0.39, 0.29) is 31.3 Å². The zero-order valence-corrected chi connectivity index (χ0v) is 10.4. The fourth-order valence-corrected chi connectivity index (χ4v) is 1.57. The molecule has 1 aromatic rings. The first-order valence-electron chi connectivity index (χ1n) is 5.79. The molecule has 5 heteroatoms. The number of benzene rings is 1. The fourth-order valence-electron chi connectivity index (χ4n) is 1.57. The van der Waals surface area contributed by atoms with Gasteiger partial charge in [-0.05, 0) is 17.7 Å². The molecule has 0 aromatic heterocycles. The molecule has 0 saturated carbocycles. The highest BCUT2D eigenvalue weighted by molar-refractivity contribution is 5.78. The van der Waals surface area contributed by atoms with E-state index in [2.05, 4.69) is 0 Å². The lowest BCUT2D eigenvalue weighted by atomic mass is 10.1. The number of nitrogens with zero attached hydrogens (tertiary/aromatic N) is 1. The molecule has 4 nitrogen and oxygen atoms in total. The largest absolute Gasteiger partial charge is 0.395 e. The van der Waals surface area contributed by atoms with Gasteiger partial charge < -0.3 is 14.7 Å². The van der Waals surface area contributed by atoms with Crippen LogP contribution in [0.1, 0.15) is 5.56 Å². The molecule has 0 aliphatic heterocycles. The summed E-state index contributed by atoms with van der Waals surface area (Å²) in [5.74, 6) is -0.425. The van der Waals surface area contributed by atoms with Crippen molar-refractivity contribution in [3.05, 3.63) is 35.6 Å². The van der Waals surface area contributed by atoms with Crippen molar-refractivity contribution in [1.29, 1.82) is 0 Å². The predicted molar refractivity (Wildman–Crippen MR) is 65.6 cm³/mol. The molecule has 100 valence electrons. The van der Waals surface area contributed by atoms with E-state index in [1.807, 2.05) is 0 Å². The molecule has 0 aliphatic carbocycles. The van der Waals surface area contributed by atoms with Crippen LogP contribution in [0.15, 0.2) is 24.3 Å². The van der Waals surface area contributed by atoms with Gasteiger partial charge in [0.05, 0.1) is 19.6 Å². The second-order valence-corrected chi connectivity index (χ2v) is 3.90. The van der Waals surface area contributed by atoms with Crippen molar-refractivity contribution in [3.8, 4) is 0 Å². The maximum Gasteiger partial charge on any atom is 0.227 e. The standard InChI is InChI=1S/C13H18FNO3/c1-18-9-7-15(6-8-16)13(17)10-11-2-4-12(14)5-3-11/h2-5,16H,6-10H2,1H3. The molecule has 18 heavy (non-hydrogen) atoms. The Morgan fingerprint density at radius 3 is 2.56 bits per heavy atom. The van der Waals surface area contributed by atoms with Gasteiger partial charge in [-0.3, -0.25) is 4.79 Å². The number of rotatable bonds is 7. The topological polar surface area (TPSA) is 49.8 Å². The van der Waals surface area contributed by atoms with Gasteiger partial charge in [-0.1, -0.05) is 12.1 Å². The molecule has 0 atom stereocenters. The van der Waals surface area contributed by atoms with Crippen molar-refractivity contribution >= 4 is 5.91 Å². The maximum atomic E-state index is 12.7. The van der Waals surface area contributed by atoms with Gasteiger partial charge in [0.2, 0.25) is 5.91 Å². The van der Waals surface area contributed by atoms with Crippen molar-refractivity contribution in [2.45, 2.75) is 6.42 Å². The number of hydrogen-bond donors (Lipinski definition) is 1. The number of methoxy groups -OCH3 is 1. The molecule has 0 spiro atoms. The normalized spacial score (nSPS) is 10.4.